The van der Waals surface area contributed by atoms with Gasteiger partial charge >= 0.3 is 6.09 Å². The minimum atomic E-state index is -0.549. The molecule has 0 radical (unpaired) electrons. The van der Waals surface area contributed by atoms with Crippen LogP contribution in [0.5, 0.6) is 0 Å². The predicted molar refractivity (Wildman–Crippen MR) is 93.8 cm³/mol. The fourth-order valence-corrected chi connectivity index (χ4v) is 2.67. The quantitative estimate of drug-likeness (QED) is 0.920. The molecule has 5 heteroatoms. The highest BCUT2D eigenvalue weighted by Crippen LogP contribution is 2.26. The molecule has 0 aliphatic carbocycles. The van der Waals surface area contributed by atoms with Crippen LogP contribution in [0.1, 0.15) is 57.5 Å². The van der Waals surface area contributed by atoms with Crippen LogP contribution in [0.3, 0.4) is 0 Å². The molecule has 0 fully saturated rings. The first kappa shape index (κ1) is 18.3. The Morgan fingerprint density at radius 2 is 1.83 bits per heavy atom. The summed E-state index contributed by atoms with van der Waals surface area (Å²) in [6.07, 6.45) is -0.452. The van der Waals surface area contributed by atoms with Crippen molar-refractivity contribution >= 4 is 12.0 Å². The monoisotopic (exact) mass is 332 g/mol. The Hall–Kier alpha value is -2.04. The molecule has 1 N–H and O–H groups in total. The minimum Gasteiger partial charge on any atom is -0.444 e. The van der Waals surface area contributed by atoms with E-state index in [9.17, 15) is 9.59 Å². The summed E-state index contributed by atoms with van der Waals surface area (Å²) in [6, 6.07) is 7.44. The lowest BCUT2D eigenvalue weighted by molar-refractivity contribution is 0.0424. The number of carbonyl (C=O) groups excluding carboxylic acids is 2. The number of hydrogen-bond donors (Lipinski definition) is 1. The highest BCUT2D eigenvalue weighted by molar-refractivity contribution is 5.98. The van der Waals surface area contributed by atoms with Crippen LogP contribution in [0, 0.1) is 5.41 Å². The van der Waals surface area contributed by atoms with Crippen LogP contribution in [0.15, 0.2) is 24.3 Å². The summed E-state index contributed by atoms with van der Waals surface area (Å²) in [5.74, 6) is 0.0193. The highest BCUT2D eigenvalue weighted by Gasteiger charge is 2.34. The number of nitrogens with zero attached hydrogens (tertiary/aromatic N) is 1. The summed E-state index contributed by atoms with van der Waals surface area (Å²) < 4.78 is 5.36. The van der Waals surface area contributed by atoms with Gasteiger partial charge in [0.25, 0.3) is 5.91 Å². The van der Waals surface area contributed by atoms with Gasteiger partial charge in [0.2, 0.25) is 0 Å². The van der Waals surface area contributed by atoms with E-state index in [4.69, 9.17) is 4.74 Å². The fourth-order valence-electron chi connectivity index (χ4n) is 2.67. The number of alkyl carbamates (subject to hydrolysis) is 1. The number of ether oxygens (including phenoxy) is 1. The maximum atomic E-state index is 12.6. The summed E-state index contributed by atoms with van der Waals surface area (Å²) in [4.78, 5) is 26.5. The number of nitrogens with one attached hydrogen (secondary N) is 1. The minimum absolute atomic E-state index is 0.0193. The summed E-state index contributed by atoms with van der Waals surface area (Å²) in [6.45, 7) is 12.7. The maximum Gasteiger partial charge on any atom is 0.407 e. The Morgan fingerprint density at radius 3 is 2.38 bits per heavy atom. The van der Waals surface area contributed by atoms with Crippen LogP contribution in [0.4, 0.5) is 4.79 Å². The third-order valence-electron chi connectivity index (χ3n) is 4.04. The molecular weight excluding hydrogens is 304 g/mol. The largest absolute Gasteiger partial charge is 0.444 e. The Labute approximate surface area is 144 Å². The van der Waals surface area contributed by atoms with E-state index in [0.717, 1.165) is 11.1 Å². The van der Waals surface area contributed by atoms with Crippen molar-refractivity contribution in [2.45, 2.75) is 59.7 Å². The smallest absolute Gasteiger partial charge is 0.407 e. The van der Waals surface area contributed by atoms with E-state index >= 15 is 0 Å². The number of fused-ring (bicyclic) bond motifs is 1. The second-order valence-corrected chi connectivity index (χ2v) is 8.41. The zero-order valence-corrected chi connectivity index (χ0v) is 15.5. The van der Waals surface area contributed by atoms with Crippen molar-refractivity contribution in [1.29, 1.82) is 0 Å². The van der Waals surface area contributed by atoms with E-state index < -0.39 is 11.7 Å². The summed E-state index contributed by atoms with van der Waals surface area (Å²) in [5, 5.41) is 2.93. The average molecular weight is 332 g/mol. The Bertz CT molecular complexity index is 626. The zero-order chi connectivity index (χ0) is 18.1. The summed E-state index contributed by atoms with van der Waals surface area (Å²) in [7, 11) is 0. The molecule has 1 aliphatic heterocycles. The number of rotatable bonds is 3. The molecule has 132 valence electrons. The van der Waals surface area contributed by atoms with Gasteiger partial charge in [0.1, 0.15) is 5.60 Å². The number of hydrogen-bond acceptors (Lipinski definition) is 3. The maximum absolute atomic E-state index is 12.6. The Kier molecular flexibility index (Phi) is 4.92. The van der Waals surface area contributed by atoms with Crippen LogP contribution in [-0.2, 0) is 11.3 Å². The van der Waals surface area contributed by atoms with E-state index in [1.807, 2.05) is 65.8 Å². The van der Waals surface area contributed by atoms with Crippen molar-refractivity contribution in [2.24, 2.45) is 5.41 Å². The van der Waals surface area contributed by atoms with Crippen molar-refractivity contribution in [1.82, 2.24) is 10.2 Å². The number of carbonyl (C=O) groups is 2. The lowest BCUT2D eigenvalue weighted by atomic mass is 9.86. The molecule has 1 aromatic carbocycles. The van der Waals surface area contributed by atoms with Gasteiger partial charge in [-0.25, -0.2) is 4.79 Å². The van der Waals surface area contributed by atoms with E-state index in [1.54, 1.807) is 4.90 Å². The van der Waals surface area contributed by atoms with Crippen LogP contribution in [0.2, 0.25) is 0 Å². The van der Waals surface area contributed by atoms with Crippen molar-refractivity contribution in [3.8, 4) is 0 Å². The van der Waals surface area contributed by atoms with Gasteiger partial charge in [0, 0.05) is 18.7 Å². The van der Waals surface area contributed by atoms with Crippen LogP contribution in [-0.4, -0.2) is 35.1 Å². The van der Waals surface area contributed by atoms with Crippen molar-refractivity contribution in [3.63, 3.8) is 0 Å². The van der Waals surface area contributed by atoms with Crippen LogP contribution < -0.4 is 5.32 Å². The van der Waals surface area contributed by atoms with E-state index in [1.165, 1.54) is 0 Å². The van der Waals surface area contributed by atoms with Gasteiger partial charge < -0.3 is 15.0 Å². The van der Waals surface area contributed by atoms with Gasteiger partial charge in [-0.05, 0) is 37.8 Å². The van der Waals surface area contributed by atoms with Gasteiger partial charge in [-0.2, -0.15) is 0 Å². The van der Waals surface area contributed by atoms with Crippen molar-refractivity contribution in [3.05, 3.63) is 35.4 Å². The second-order valence-electron chi connectivity index (χ2n) is 8.41. The third-order valence-corrected chi connectivity index (χ3v) is 4.04. The fraction of sp³-hybridized carbons (Fsp3) is 0.579. The first-order valence-electron chi connectivity index (χ1n) is 8.34. The molecule has 0 spiro atoms. The van der Waals surface area contributed by atoms with E-state index in [2.05, 4.69) is 5.32 Å². The molecule has 2 rings (SSSR count). The van der Waals surface area contributed by atoms with E-state index in [0.29, 0.717) is 13.1 Å². The predicted octanol–water partition coefficient (Wildman–Crippen LogP) is 3.58. The second kappa shape index (κ2) is 6.46. The van der Waals surface area contributed by atoms with Crippen LogP contribution in [0.25, 0.3) is 0 Å². The molecular formula is C19H28N2O3. The number of amides is 2. The molecule has 24 heavy (non-hydrogen) atoms. The van der Waals surface area contributed by atoms with Gasteiger partial charge in [0.05, 0.1) is 6.04 Å². The molecule has 1 atom stereocenters. The van der Waals surface area contributed by atoms with Gasteiger partial charge in [0.15, 0.2) is 0 Å². The van der Waals surface area contributed by atoms with E-state index in [-0.39, 0.29) is 17.4 Å². The SMILES string of the molecule is CC(C)(C)OC(=O)N[C@@H](CN1Cc2ccccc2C1=O)C(C)(C)C. The topological polar surface area (TPSA) is 58.6 Å². The standard InChI is InChI=1S/C19H28N2O3/c1-18(2,3)15(20-17(23)24-19(4,5)6)12-21-11-13-9-7-8-10-14(13)16(21)22/h7-10,15H,11-12H2,1-6H3,(H,20,23)/t15-/m0/s1. The molecule has 1 aliphatic rings. The van der Waals surface area contributed by atoms with Crippen molar-refractivity contribution < 1.29 is 14.3 Å². The first-order chi connectivity index (χ1) is 11.0. The third kappa shape index (κ3) is 4.49. The van der Waals surface area contributed by atoms with Gasteiger partial charge in [-0.3, -0.25) is 4.79 Å². The summed E-state index contributed by atoms with van der Waals surface area (Å²) in [5.41, 5.74) is 1.04. The molecule has 0 aromatic heterocycles. The molecule has 0 unspecified atom stereocenters. The lowest BCUT2D eigenvalue weighted by Crippen LogP contribution is -2.51. The highest BCUT2D eigenvalue weighted by atomic mass is 16.6. The summed E-state index contributed by atoms with van der Waals surface area (Å²) >= 11 is 0. The van der Waals surface area contributed by atoms with Crippen LogP contribution >= 0.6 is 0 Å². The normalized spacial score (nSPS) is 15.9. The van der Waals surface area contributed by atoms with Gasteiger partial charge in [-0.1, -0.05) is 39.0 Å². The molecule has 2 amide bonds. The lowest BCUT2D eigenvalue weighted by Gasteiger charge is -2.35. The van der Waals surface area contributed by atoms with Crippen molar-refractivity contribution in [2.75, 3.05) is 6.54 Å². The Balaban J connectivity index is 2.08. The molecule has 1 aromatic rings. The Morgan fingerprint density at radius 1 is 1.21 bits per heavy atom. The molecule has 1 heterocycles. The molecule has 0 saturated carbocycles. The molecule has 5 nitrogen and oxygen atoms in total. The molecule has 0 saturated heterocycles. The number of benzene rings is 1. The first-order valence-corrected chi connectivity index (χ1v) is 8.34. The average Bonchev–Trinajstić information content (AvgIpc) is 2.72. The molecule has 0 bridgehead atoms. The van der Waals surface area contributed by atoms with Gasteiger partial charge in [-0.15, -0.1) is 0 Å². The zero-order valence-electron chi connectivity index (χ0n) is 15.5.